The Morgan fingerprint density at radius 3 is 2.68 bits per heavy atom. The van der Waals surface area contributed by atoms with E-state index < -0.39 is 11.9 Å². The number of methoxy groups -OCH3 is 2. The maximum atomic E-state index is 12.5. The molecule has 4 amide bonds. The smallest absolute Gasteiger partial charge is 0.322 e. The highest BCUT2D eigenvalue weighted by molar-refractivity contribution is 6.10. The molecule has 2 aromatic rings. The van der Waals surface area contributed by atoms with Crippen LogP contribution in [0.25, 0.3) is 0 Å². The summed E-state index contributed by atoms with van der Waals surface area (Å²) in [5.41, 5.74) is 1.56. The van der Waals surface area contributed by atoms with E-state index in [2.05, 4.69) is 16.0 Å². The number of fused-ring (bicyclic) bond motifs is 1. The van der Waals surface area contributed by atoms with Gasteiger partial charge in [0.1, 0.15) is 18.0 Å². The van der Waals surface area contributed by atoms with Crippen molar-refractivity contribution >= 4 is 34.9 Å². The van der Waals surface area contributed by atoms with E-state index in [-0.39, 0.29) is 19.0 Å². The minimum Gasteiger partial charge on any atom is -0.497 e. The van der Waals surface area contributed by atoms with Gasteiger partial charge in [0, 0.05) is 6.07 Å². The van der Waals surface area contributed by atoms with Gasteiger partial charge in [-0.3, -0.25) is 14.5 Å². The molecule has 0 bridgehead atoms. The Labute approximate surface area is 161 Å². The molecule has 1 aliphatic heterocycles. The van der Waals surface area contributed by atoms with Gasteiger partial charge in [-0.1, -0.05) is 12.1 Å². The summed E-state index contributed by atoms with van der Waals surface area (Å²) in [6, 6.07) is 11.4. The Hall–Kier alpha value is -3.75. The average molecular weight is 384 g/mol. The van der Waals surface area contributed by atoms with E-state index >= 15 is 0 Å². The van der Waals surface area contributed by atoms with Crippen molar-refractivity contribution in [1.82, 2.24) is 5.32 Å². The number of hydrogen-bond acceptors (Lipinski definition) is 5. The van der Waals surface area contributed by atoms with Crippen LogP contribution in [-0.2, 0) is 9.59 Å². The molecule has 0 aromatic heterocycles. The molecule has 9 heteroatoms. The van der Waals surface area contributed by atoms with Gasteiger partial charge in [0.15, 0.2) is 0 Å². The maximum Gasteiger partial charge on any atom is 0.322 e. The second-order valence-electron chi connectivity index (χ2n) is 5.92. The second-order valence-corrected chi connectivity index (χ2v) is 5.92. The van der Waals surface area contributed by atoms with E-state index in [1.807, 2.05) is 0 Å². The van der Waals surface area contributed by atoms with Crippen molar-refractivity contribution in [2.45, 2.75) is 0 Å². The minimum atomic E-state index is -0.542. The molecule has 3 rings (SSSR count). The molecular formula is C19H20N4O5. The molecule has 2 aromatic carbocycles. The van der Waals surface area contributed by atoms with Gasteiger partial charge in [0.25, 0.3) is 0 Å². The Morgan fingerprint density at radius 2 is 1.93 bits per heavy atom. The lowest BCUT2D eigenvalue weighted by atomic mass is 10.2. The standard InChI is InChI=1S/C19H20N4O5/c1-27-12-7-8-14(16(9-12)28-2)22-17(24)10-20-19(26)23-11-18(25)21-13-5-3-4-6-15(13)23/h3-9H,10-11H2,1-2H3,(H,20,26)(H,21,25)(H,22,24). The summed E-state index contributed by atoms with van der Waals surface area (Å²) in [5, 5.41) is 7.89. The fraction of sp³-hybridized carbons (Fsp3) is 0.211. The molecule has 9 nitrogen and oxygen atoms in total. The number of ether oxygens (including phenoxy) is 2. The summed E-state index contributed by atoms with van der Waals surface area (Å²) in [6.45, 7) is -0.398. The molecule has 0 fully saturated rings. The van der Waals surface area contributed by atoms with E-state index in [0.717, 1.165) is 0 Å². The number of carbonyl (C=O) groups is 3. The van der Waals surface area contributed by atoms with Crippen LogP contribution in [0.5, 0.6) is 11.5 Å². The monoisotopic (exact) mass is 384 g/mol. The van der Waals surface area contributed by atoms with Crippen LogP contribution in [0, 0.1) is 0 Å². The van der Waals surface area contributed by atoms with E-state index in [0.29, 0.717) is 28.6 Å². The van der Waals surface area contributed by atoms with Crippen molar-refractivity contribution in [1.29, 1.82) is 0 Å². The largest absolute Gasteiger partial charge is 0.497 e. The van der Waals surface area contributed by atoms with E-state index in [1.165, 1.54) is 19.1 Å². The number of amides is 4. The van der Waals surface area contributed by atoms with E-state index in [9.17, 15) is 14.4 Å². The second kappa shape index (κ2) is 8.30. The molecule has 0 atom stereocenters. The quantitative estimate of drug-likeness (QED) is 0.729. The fourth-order valence-corrected chi connectivity index (χ4v) is 2.76. The topological polar surface area (TPSA) is 109 Å². The molecule has 0 unspecified atom stereocenters. The molecular weight excluding hydrogens is 364 g/mol. The van der Waals surface area contributed by atoms with Gasteiger partial charge < -0.3 is 25.4 Å². The van der Waals surface area contributed by atoms with Gasteiger partial charge in [0.05, 0.1) is 37.8 Å². The highest BCUT2D eigenvalue weighted by Crippen LogP contribution is 2.29. The van der Waals surface area contributed by atoms with Crippen molar-refractivity contribution in [3.8, 4) is 11.5 Å². The third-order valence-electron chi connectivity index (χ3n) is 4.10. The minimum absolute atomic E-state index is 0.128. The fourth-order valence-electron chi connectivity index (χ4n) is 2.76. The first-order valence-electron chi connectivity index (χ1n) is 8.48. The lowest BCUT2D eigenvalue weighted by molar-refractivity contribution is -0.115. The third kappa shape index (κ3) is 4.14. The zero-order chi connectivity index (χ0) is 20.1. The Morgan fingerprint density at radius 1 is 1.14 bits per heavy atom. The molecule has 1 aliphatic rings. The molecule has 0 aliphatic carbocycles. The van der Waals surface area contributed by atoms with Crippen molar-refractivity contribution in [2.75, 3.05) is 42.8 Å². The lowest BCUT2D eigenvalue weighted by Gasteiger charge is -2.29. The van der Waals surface area contributed by atoms with Crippen molar-refractivity contribution < 1.29 is 23.9 Å². The van der Waals surface area contributed by atoms with Crippen molar-refractivity contribution in [3.63, 3.8) is 0 Å². The molecule has 0 saturated carbocycles. The Balaban J connectivity index is 1.62. The van der Waals surface area contributed by atoms with Crippen LogP contribution >= 0.6 is 0 Å². The summed E-state index contributed by atoms with van der Waals surface area (Å²) in [7, 11) is 3.01. The van der Waals surface area contributed by atoms with E-state index in [1.54, 1.807) is 42.5 Å². The van der Waals surface area contributed by atoms with Gasteiger partial charge in [-0.25, -0.2) is 4.79 Å². The molecule has 146 valence electrons. The van der Waals surface area contributed by atoms with Crippen LogP contribution in [0.15, 0.2) is 42.5 Å². The van der Waals surface area contributed by atoms with Crippen LogP contribution in [0.3, 0.4) is 0 Å². The summed E-state index contributed by atoms with van der Waals surface area (Å²) in [5.74, 6) is 0.277. The average Bonchev–Trinajstić information content (AvgIpc) is 2.71. The zero-order valence-electron chi connectivity index (χ0n) is 15.4. The number of para-hydroxylation sites is 2. The van der Waals surface area contributed by atoms with Gasteiger partial charge in [0.2, 0.25) is 11.8 Å². The third-order valence-corrected chi connectivity index (χ3v) is 4.10. The van der Waals surface area contributed by atoms with Crippen LogP contribution in [0.1, 0.15) is 0 Å². The molecule has 0 saturated heterocycles. The zero-order valence-corrected chi connectivity index (χ0v) is 15.4. The van der Waals surface area contributed by atoms with Crippen molar-refractivity contribution in [2.24, 2.45) is 0 Å². The first kappa shape index (κ1) is 19.0. The highest BCUT2D eigenvalue weighted by Gasteiger charge is 2.26. The van der Waals surface area contributed by atoms with Gasteiger partial charge in [-0.2, -0.15) is 0 Å². The number of nitrogens with zero attached hydrogens (tertiary/aromatic N) is 1. The number of hydrogen-bond donors (Lipinski definition) is 3. The molecule has 0 radical (unpaired) electrons. The first-order chi connectivity index (χ1) is 13.5. The van der Waals surface area contributed by atoms with Crippen molar-refractivity contribution in [3.05, 3.63) is 42.5 Å². The van der Waals surface area contributed by atoms with Crippen LogP contribution in [0.2, 0.25) is 0 Å². The van der Waals surface area contributed by atoms with Gasteiger partial charge in [-0.05, 0) is 24.3 Å². The van der Waals surface area contributed by atoms with Gasteiger partial charge >= 0.3 is 6.03 Å². The summed E-state index contributed by atoms with van der Waals surface area (Å²) >= 11 is 0. The lowest BCUT2D eigenvalue weighted by Crippen LogP contribution is -2.48. The predicted octanol–water partition coefficient (Wildman–Crippen LogP) is 1.81. The Bertz CT molecular complexity index is 915. The normalized spacial score (nSPS) is 12.5. The molecule has 28 heavy (non-hydrogen) atoms. The molecule has 1 heterocycles. The van der Waals surface area contributed by atoms with Crippen LogP contribution in [-0.4, -0.2) is 45.2 Å². The summed E-state index contributed by atoms with van der Waals surface area (Å²) < 4.78 is 10.3. The van der Waals surface area contributed by atoms with Crippen LogP contribution in [0.4, 0.5) is 21.9 Å². The molecule has 3 N–H and O–H groups in total. The molecule has 0 spiro atoms. The Kier molecular flexibility index (Phi) is 5.64. The number of benzene rings is 2. The van der Waals surface area contributed by atoms with E-state index in [4.69, 9.17) is 9.47 Å². The number of urea groups is 1. The SMILES string of the molecule is COc1ccc(NC(=O)CNC(=O)N2CC(=O)Nc3ccccc32)c(OC)c1. The first-order valence-corrected chi connectivity index (χ1v) is 8.48. The highest BCUT2D eigenvalue weighted by atomic mass is 16.5. The number of rotatable bonds is 5. The number of carbonyl (C=O) groups excluding carboxylic acids is 3. The number of nitrogens with one attached hydrogen (secondary N) is 3. The maximum absolute atomic E-state index is 12.5. The van der Waals surface area contributed by atoms with Gasteiger partial charge in [-0.15, -0.1) is 0 Å². The number of anilines is 3. The predicted molar refractivity (Wildman–Crippen MR) is 104 cm³/mol. The van der Waals surface area contributed by atoms with Crippen LogP contribution < -0.4 is 30.3 Å². The summed E-state index contributed by atoms with van der Waals surface area (Å²) in [4.78, 5) is 37.8. The summed E-state index contributed by atoms with van der Waals surface area (Å²) in [6.07, 6.45) is 0.